The summed E-state index contributed by atoms with van der Waals surface area (Å²) >= 11 is 0. The normalized spacial score (nSPS) is 15.4. The predicted octanol–water partition coefficient (Wildman–Crippen LogP) is 16.2. The van der Waals surface area contributed by atoms with Crippen LogP contribution in [0.4, 0.5) is 17.1 Å². The van der Waals surface area contributed by atoms with E-state index in [1.54, 1.807) is 0 Å². The van der Waals surface area contributed by atoms with Crippen molar-refractivity contribution >= 4 is 17.1 Å². The van der Waals surface area contributed by atoms with Crippen molar-refractivity contribution in [1.29, 1.82) is 0 Å². The quantitative estimate of drug-likeness (QED) is 0.156. The molecule has 8 aromatic rings. The Bertz CT molecular complexity index is 3030. The molecule has 0 N–H and O–H groups in total. The van der Waals surface area contributed by atoms with Crippen LogP contribution in [-0.4, -0.2) is 0 Å². The van der Waals surface area contributed by atoms with Gasteiger partial charge in [-0.1, -0.05) is 181 Å². The monoisotopic (exact) mass is 773 g/mol. The summed E-state index contributed by atoms with van der Waals surface area (Å²) in [4.78, 5) is 2.52. The molecule has 0 saturated carbocycles. The molecule has 3 aliphatic carbocycles. The van der Waals surface area contributed by atoms with Crippen LogP contribution in [0, 0.1) is 0 Å². The molecular weight excluding hydrogens is 723 g/mol. The first-order valence-electron chi connectivity index (χ1n) is 21.9. The molecule has 0 saturated heterocycles. The highest BCUT2D eigenvalue weighted by Gasteiger charge is 2.41. The molecule has 0 aliphatic heterocycles. The lowest BCUT2D eigenvalue weighted by Gasteiger charge is -2.31. The summed E-state index contributed by atoms with van der Waals surface area (Å²) in [6.07, 6.45) is 2.14. The lowest BCUT2D eigenvalue weighted by molar-refractivity contribution is 0.490. The molecule has 0 radical (unpaired) electrons. The van der Waals surface area contributed by atoms with Crippen molar-refractivity contribution in [2.45, 2.75) is 70.6 Å². The fourth-order valence-electron chi connectivity index (χ4n) is 11.6. The van der Waals surface area contributed by atoms with Crippen LogP contribution in [0.1, 0.15) is 87.8 Å². The topological polar surface area (TPSA) is 3.24 Å². The van der Waals surface area contributed by atoms with Crippen LogP contribution < -0.4 is 4.90 Å². The molecule has 0 atom stereocenters. The number of para-hydroxylation sites is 1. The van der Waals surface area contributed by atoms with Crippen LogP contribution in [0.5, 0.6) is 0 Å². The second kappa shape index (κ2) is 13.3. The van der Waals surface area contributed by atoms with Gasteiger partial charge in [0.25, 0.3) is 0 Å². The van der Waals surface area contributed by atoms with Gasteiger partial charge in [0.05, 0.1) is 5.69 Å². The minimum absolute atomic E-state index is 0.0125. The number of hydrogen-bond donors (Lipinski definition) is 0. The zero-order chi connectivity index (χ0) is 41.0. The molecule has 0 unspecified atom stereocenters. The fourth-order valence-corrected chi connectivity index (χ4v) is 11.6. The summed E-state index contributed by atoms with van der Waals surface area (Å²) in [6, 6.07) is 66.7. The van der Waals surface area contributed by atoms with Gasteiger partial charge in [-0.3, -0.25) is 0 Å². The molecule has 3 aliphatic rings. The van der Waals surface area contributed by atoms with Crippen LogP contribution in [0.2, 0.25) is 0 Å². The summed E-state index contributed by atoms with van der Waals surface area (Å²) in [5.41, 5.74) is 24.8. The van der Waals surface area contributed by atoms with E-state index >= 15 is 0 Å². The zero-order valence-electron chi connectivity index (χ0n) is 35.6. The maximum atomic E-state index is 2.52. The molecule has 292 valence electrons. The Balaban J connectivity index is 1.13. The molecule has 0 bridgehead atoms. The van der Waals surface area contributed by atoms with Gasteiger partial charge in [0.15, 0.2) is 0 Å². The van der Waals surface area contributed by atoms with Crippen LogP contribution in [0.3, 0.4) is 0 Å². The van der Waals surface area contributed by atoms with Gasteiger partial charge in [0, 0.05) is 33.2 Å². The summed E-state index contributed by atoms with van der Waals surface area (Å²) in [5, 5.41) is 0. The van der Waals surface area contributed by atoms with E-state index in [-0.39, 0.29) is 16.2 Å². The van der Waals surface area contributed by atoms with E-state index in [4.69, 9.17) is 0 Å². The van der Waals surface area contributed by atoms with Crippen molar-refractivity contribution in [3.8, 4) is 55.6 Å². The first-order valence-corrected chi connectivity index (χ1v) is 21.9. The number of nitrogens with zero attached hydrogens (tertiary/aromatic N) is 1. The smallest absolute Gasteiger partial charge is 0.0540 e. The molecule has 0 aromatic heterocycles. The number of benzene rings is 8. The Morgan fingerprint density at radius 1 is 0.350 bits per heavy atom. The summed E-state index contributed by atoms with van der Waals surface area (Å²) < 4.78 is 0. The van der Waals surface area contributed by atoms with E-state index in [1.165, 1.54) is 94.7 Å². The maximum absolute atomic E-state index is 2.52. The Morgan fingerprint density at radius 3 is 1.58 bits per heavy atom. The Hall–Kier alpha value is -6.44. The molecule has 1 nitrogen and oxygen atoms in total. The van der Waals surface area contributed by atoms with Crippen LogP contribution in [-0.2, 0) is 16.2 Å². The predicted molar refractivity (Wildman–Crippen MR) is 254 cm³/mol. The van der Waals surface area contributed by atoms with Gasteiger partial charge in [-0.25, -0.2) is 0 Å². The molecule has 0 fully saturated rings. The third kappa shape index (κ3) is 5.05. The summed E-state index contributed by atoms with van der Waals surface area (Å²) in [6.45, 7) is 14.2. The molecule has 0 amide bonds. The maximum Gasteiger partial charge on any atom is 0.0540 e. The highest BCUT2D eigenvalue weighted by molar-refractivity contribution is 5.99. The van der Waals surface area contributed by atoms with Gasteiger partial charge in [0.1, 0.15) is 0 Å². The van der Waals surface area contributed by atoms with Crippen molar-refractivity contribution in [1.82, 2.24) is 0 Å². The zero-order valence-corrected chi connectivity index (χ0v) is 35.6. The first-order chi connectivity index (χ1) is 29.2. The Morgan fingerprint density at radius 2 is 0.833 bits per heavy atom. The van der Waals surface area contributed by atoms with Gasteiger partial charge in [-0.05, 0) is 133 Å². The third-order valence-corrected chi connectivity index (χ3v) is 14.8. The minimum Gasteiger partial charge on any atom is -0.310 e. The third-order valence-electron chi connectivity index (χ3n) is 14.8. The van der Waals surface area contributed by atoms with Gasteiger partial charge in [-0.2, -0.15) is 0 Å². The summed E-state index contributed by atoms with van der Waals surface area (Å²) in [7, 11) is 0. The van der Waals surface area contributed by atoms with Crippen LogP contribution in [0.15, 0.2) is 176 Å². The van der Waals surface area contributed by atoms with E-state index in [0.717, 1.165) is 24.2 Å². The van der Waals surface area contributed by atoms with Crippen LogP contribution >= 0.6 is 0 Å². The van der Waals surface area contributed by atoms with E-state index in [9.17, 15) is 0 Å². The van der Waals surface area contributed by atoms with E-state index in [1.807, 2.05) is 0 Å². The highest BCUT2D eigenvalue weighted by atomic mass is 15.1. The molecule has 1 heteroatoms. The molecule has 8 aromatic carbocycles. The van der Waals surface area contributed by atoms with Gasteiger partial charge < -0.3 is 4.90 Å². The average Bonchev–Trinajstić information content (AvgIpc) is 3.81. The van der Waals surface area contributed by atoms with Crippen molar-refractivity contribution in [2.24, 2.45) is 0 Å². The lowest BCUT2D eigenvalue weighted by atomic mass is 9.74. The van der Waals surface area contributed by atoms with E-state index in [0.29, 0.717) is 0 Å². The first kappa shape index (κ1) is 36.6. The van der Waals surface area contributed by atoms with Gasteiger partial charge >= 0.3 is 0 Å². The Labute approximate surface area is 356 Å². The molecular formula is C59H51N. The van der Waals surface area contributed by atoms with Gasteiger partial charge in [0.2, 0.25) is 0 Å². The lowest BCUT2D eigenvalue weighted by Crippen LogP contribution is -2.23. The largest absolute Gasteiger partial charge is 0.310 e. The van der Waals surface area contributed by atoms with Gasteiger partial charge in [-0.15, -0.1) is 0 Å². The number of hydrogen-bond acceptors (Lipinski definition) is 1. The fraction of sp³-hybridized carbons (Fsp3) is 0.186. The Kier molecular flexibility index (Phi) is 8.11. The molecule has 11 rings (SSSR count). The highest BCUT2D eigenvalue weighted by Crippen LogP contribution is 2.57. The second-order valence-electron chi connectivity index (χ2n) is 18.3. The van der Waals surface area contributed by atoms with E-state index < -0.39 is 0 Å². The number of anilines is 3. The molecule has 0 heterocycles. The minimum atomic E-state index is -0.0884. The van der Waals surface area contributed by atoms with Crippen molar-refractivity contribution in [3.05, 3.63) is 209 Å². The second-order valence-corrected chi connectivity index (χ2v) is 18.3. The van der Waals surface area contributed by atoms with Crippen molar-refractivity contribution in [3.63, 3.8) is 0 Å². The molecule has 0 spiro atoms. The summed E-state index contributed by atoms with van der Waals surface area (Å²) in [5.74, 6) is 0. The number of fused-ring (bicyclic) bond motifs is 9. The average molecular weight is 774 g/mol. The molecule has 60 heavy (non-hydrogen) atoms. The standard InChI is InChI=1S/C59H51N/c1-7-59(8-2)52-28-15-10-22-43(52)48-37-41(32-34-53(48)59)60(40-20-17-19-38(35-40)39-31-33-51-47(36-39)42-21-9-13-26-49(42)57(51,3)4)55-30-16-12-23-44(55)45-25-18-29-54-56(45)46-24-11-14-27-50(46)58(54,5)6/h9-37H,7-8H2,1-6H3. The number of rotatable bonds is 7. The van der Waals surface area contributed by atoms with Crippen molar-refractivity contribution in [2.75, 3.05) is 4.90 Å². The van der Waals surface area contributed by atoms with Crippen molar-refractivity contribution < 1.29 is 0 Å². The van der Waals surface area contributed by atoms with Crippen LogP contribution in [0.25, 0.3) is 55.6 Å². The SMILES string of the molecule is CCC1(CC)c2ccccc2-c2cc(N(c3cccc(-c4ccc5c(c4)-c4ccccc4C5(C)C)c3)c3ccccc3-c3cccc4c3-c3ccccc3C4(C)C)ccc21. The van der Waals surface area contributed by atoms with E-state index in [2.05, 4.69) is 222 Å².